The second-order valence-electron chi connectivity index (χ2n) is 6.28. The summed E-state index contributed by atoms with van der Waals surface area (Å²) >= 11 is 11.1. The first-order chi connectivity index (χ1) is 10.4. The number of fused-ring (bicyclic) bond motifs is 3. The molecule has 2 aliphatic rings. The number of hydrogen-bond donors (Lipinski definition) is 0. The monoisotopic (exact) mass is 446 g/mol. The molecule has 0 aliphatic heterocycles. The van der Waals surface area contributed by atoms with E-state index < -0.39 is 0 Å². The number of halogens is 3. The van der Waals surface area contributed by atoms with Gasteiger partial charge in [0.25, 0.3) is 0 Å². The third-order valence-electron chi connectivity index (χ3n) is 4.97. The first-order valence-corrected chi connectivity index (χ1v) is 9.99. The Labute approximate surface area is 152 Å². The standard InChI is InChI=1S/C17H18AsBrClFO/c1-2-3-5-17-6-4-12(22)15(19)13(17)9-7-11(21)14(18)16(20)10(9)8-17/h7H,2-6,8,18H2,1H3. The SMILES string of the molecule is CCCCC12CCC(=O)C(Br)=C1c1cc(F)c([AsH2])c(Cl)c1C2. The summed E-state index contributed by atoms with van der Waals surface area (Å²) in [4.78, 5) is 12.2. The van der Waals surface area contributed by atoms with Crippen molar-refractivity contribution < 1.29 is 9.18 Å². The van der Waals surface area contributed by atoms with Crippen LogP contribution in [0.2, 0.25) is 5.02 Å². The van der Waals surface area contributed by atoms with Crippen LogP contribution in [-0.4, -0.2) is 22.6 Å². The number of unbranched alkanes of at least 4 members (excludes halogenated alkanes) is 1. The minimum atomic E-state index is -0.263. The molecule has 0 bridgehead atoms. The summed E-state index contributed by atoms with van der Waals surface area (Å²) in [5.41, 5.74) is 2.82. The molecule has 1 nitrogen and oxygen atoms in total. The van der Waals surface area contributed by atoms with Crippen molar-refractivity contribution in [2.75, 3.05) is 0 Å². The van der Waals surface area contributed by atoms with Crippen molar-refractivity contribution in [3.63, 3.8) is 0 Å². The number of hydrogen-bond acceptors (Lipinski definition) is 1. The molecule has 0 fully saturated rings. The van der Waals surface area contributed by atoms with Gasteiger partial charge in [-0.25, -0.2) is 0 Å². The fourth-order valence-corrected chi connectivity index (χ4v) is 5.44. The zero-order valence-corrected chi connectivity index (χ0v) is 17.2. The van der Waals surface area contributed by atoms with Crippen LogP contribution in [0.3, 0.4) is 0 Å². The van der Waals surface area contributed by atoms with Crippen LogP contribution in [0.25, 0.3) is 5.57 Å². The Kier molecular flexibility index (Phi) is 4.62. The van der Waals surface area contributed by atoms with E-state index in [1.54, 1.807) is 6.07 Å². The van der Waals surface area contributed by atoms with Crippen LogP contribution in [-0.2, 0) is 11.2 Å². The molecule has 22 heavy (non-hydrogen) atoms. The topological polar surface area (TPSA) is 17.1 Å². The molecule has 2 aliphatic carbocycles. The number of ketones is 1. The van der Waals surface area contributed by atoms with Crippen LogP contribution in [0, 0.1) is 11.2 Å². The van der Waals surface area contributed by atoms with Gasteiger partial charge in [0, 0.05) is 0 Å². The van der Waals surface area contributed by atoms with E-state index in [2.05, 4.69) is 22.9 Å². The third-order valence-corrected chi connectivity index (χ3v) is 7.81. The van der Waals surface area contributed by atoms with Gasteiger partial charge >= 0.3 is 153 Å². The van der Waals surface area contributed by atoms with Gasteiger partial charge < -0.3 is 0 Å². The molecule has 0 heterocycles. The molecule has 0 aromatic heterocycles. The van der Waals surface area contributed by atoms with Crippen molar-refractivity contribution in [2.45, 2.75) is 45.4 Å². The Bertz CT molecular complexity index is 700. The van der Waals surface area contributed by atoms with E-state index >= 15 is 0 Å². The Morgan fingerprint density at radius 1 is 1.50 bits per heavy atom. The molecule has 0 radical (unpaired) electrons. The minimum absolute atomic E-state index is 0.0536. The molecule has 0 N–H and O–H groups in total. The van der Waals surface area contributed by atoms with E-state index in [4.69, 9.17) is 11.6 Å². The number of benzene rings is 1. The van der Waals surface area contributed by atoms with Gasteiger partial charge in [-0.05, 0) is 0 Å². The van der Waals surface area contributed by atoms with Crippen LogP contribution in [0.5, 0.6) is 0 Å². The molecule has 118 valence electrons. The Hall–Kier alpha value is -0.112. The third kappa shape index (κ3) is 2.44. The van der Waals surface area contributed by atoms with Crippen LogP contribution < -0.4 is 4.35 Å². The van der Waals surface area contributed by atoms with Crippen molar-refractivity contribution in [1.29, 1.82) is 0 Å². The van der Waals surface area contributed by atoms with E-state index in [1.807, 2.05) is 0 Å². The molecular weight excluding hydrogens is 429 g/mol. The molecule has 1 aromatic carbocycles. The number of carbonyl (C=O) groups excluding carboxylic acids is 1. The maximum atomic E-state index is 14.2. The first kappa shape index (κ1) is 16.7. The van der Waals surface area contributed by atoms with Crippen molar-refractivity contribution in [3.05, 3.63) is 32.5 Å². The summed E-state index contributed by atoms with van der Waals surface area (Å²) in [6, 6.07) is 1.58. The average molecular weight is 448 g/mol. The second-order valence-corrected chi connectivity index (χ2v) is 8.67. The number of allylic oxidation sites excluding steroid dienone is 2. The van der Waals surface area contributed by atoms with Gasteiger partial charge in [-0.1, -0.05) is 0 Å². The Balaban J connectivity index is 2.23. The van der Waals surface area contributed by atoms with E-state index in [9.17, 15) is 9.18 Å². The fourth-order valence-electron chi connectivity index (χ4n) is 3.81. The van der Waals surface area contributed by atoms with E-state index in [0.717, 1.165) is 48.8 Å². The van der Waals surface area contributed by atoms with Crippen molar-refractivity contribution in [3.8, 4) is 0 Å². The summed E-state index contributed by atoms with van der Waals surface area (Å²) in [5.74, 6) is -0.142. The zero-order valence-electron chi connectivity index (χ0n) is 12.4. The fraction of sp³-hybridized carbons (Fsp3) is 0.471. The van der Waals surface area contributed by atoms with Gasteiger partial charge in [0.05, 0.1) is 0 Å². The molecule has 1 aromatic rings. The molecule has 0 saturated heterocycles. The molecule has 5 heteroatoms. The molecule has 2 atom stereocenters. The Morgan fingerprint density at radius 3 is 2.91 bits per heavy atom. The number of rotatable bonds is 3. The van der Waals surface area contributed by atoms with Crippen LogP contribution >= 0.6 is 27.5 Å². The van der Waals surface area contributed by atoms with Crippen molar-refractivity contribution >= 4 is 60.1 Å². The van der Waals surface area contributed by atoms with Gasteiger partial charge in [-0.2, -0.15) is 0 Å². The van der Waals surface area contributed by atoms with Crippen LogP contribution in [0.1, 0.15) is 50.2 Å². The van der Waals surface area contributed by atoms with Gasteiger partial charge in [0.15, 0.2) is 0 Å². The predicted molar refractivity (Wildman–Crippen MR) is 95.3 cm³/mol. The predicted octanol–water partition coefficient (Wildman–Crippen LogP) is 3.94. The van der Waals surface area contributed by atoms with E-state index in [1.165, 1.54) is 16.9 Å². The summed E-state index contributed by atoms with van der Waals surface area (Å²) < 4.78 is 15.4. The van der Waals surface area contributed by atoms with Crippen molar-refractivity contribution in [2.24, 2.45) is 5.41 Å². The van der Waals surface area contributed by atoms with Gasteiger partial charge in [-0.3, -0.25) is 0 Å². The van der Waals surface area contributed by atoms with E-state index in [-0.39, 0.29) is 17.0 Å². The second kappa shape index (κ2) is 6.07. The van der Waals surface area contributed by atoms with Gasteiger partial charge in [-0.15, -0.1) is 0 Å². The normalized spacial score (nSPS) is 23.8. The quantitative estimate of drug-likeness (QED) is 0.642. The molecule has 0 amide bonds. The molecular formula is C17H18AsBrClFO. The Morgan fingerprint density at radius 2 is 2.23 bits per heavy atom. The average Bonchev–Trinajstić information content (AvgIpc) is 2.82. The summed E-state index contributed by atoms with van der Waals surface area (Å²) in [5, 5.41) is 0.556. The van der Waals surface area contributed by atoms with Gasteiger partial charge in [0.2, 0.25) is 0 Å². The zero-order chi connectivity index (χ0) is 16.1. The van der Waals surface area contributed by atoms with Crippen LogP contribution in [0.4, 0.5) is 4.39 Å². The number of Topliss-reactive ketones (excluding diaryl/α,β-unsaturated/α-hetero) is 1. The molecule has 3 rings (SSSR count). The van der Waals surface area contributed by atoms with Gasteiger partial charge in [0.1, 0.15) is 0 Å². The summed E-state index contributed by atoms with van der Waals surface area (Å²) in [6.07, 6.45) is 5.47. The maximum absolute atomic E-state index is 14.2. The molecule has 0 saturated carbocycles. The molecule has 2 unspecified atom stereocenters. The summed E-state index contributed by atoms with van der Waals surface area (Å²) in [6.45, 7) is 2.17. The number of carbonyl (C=O) groups is 1. The van der Waals surface area contributed by atoms with E-state index in [0.29, 0.717) is 20.3 Å². The summed E-state index contributed by atoms with van der Waals surface area (Å²) in [7, 11) is 0. The van der Waals surface area contributed by atoms with Crippen LogP contribution in [0.15, 0.2) is 10.5 Å². The molecule has 0 spiro atoms. The first-order valence-electron chi connectivity index (χ1n) is 7.61. The van der Waals surface area contributed by atoms with Crippen molar-refractivity contribution in [1.82, 2.24) is 0 Å².